The average molecular weight is 384 g/mol. The van der Waals surface area contributed by atoms with Gasteiger partial charge in [-0.3, -0.25) is 9.59 Å². The summed E-state index contributed by atoms with van der Waals surface area (Å²) < 4.78 is 1.13. The van der Waals surface area contributed by atoms with Gasteiger partial charge in [0.25, 0.3) is 5.91 Å². The number of amides is 2. The van der Waals surface area contributed by atoms with Gasteiger partial charge in [0.15, 0.2) is 0 Å². The largest absolute Gasteiger partial charge is 0.353 e. The predicted octanol–water partition coefficient (Wildman–Crippen LogP) is 2.03. The van der Waals surface area contributed by atoms with Crippen molar-refractivity contribution in [1.29, 1.82) is 0 Å². The van der Waals surface area contributed by atoms with Crippen LogP contribution in [0.3, 0.4) is 0 Å². The lowest BCUT2D eigenvalue weighted by molar-refractivity contribution is -0.125. The van der Waals surface area contributed by atoms with Crippen LogP contribution in [-0.2, 0) is 4.79 Å². The maximum Gasteiger partial charge on any atom is 0.253 e. The van der Waals surface area contributed by atoms with E-state index in [1.807, 2.05) is 29.2 Å². The lowest BCUT2D eigenvalue weighted by Crippen LogP contribution is -2.55. The third-order valence-corrected chi connectivity index (χ3v) is 4.92. The summed E-state index contributed by atoms with van der Waals surface area (Å²) in [5.41, 5.74) is 0.753. The van der Waals surface area contributed by atoms with E-state index < -0.39 is 0 Å². The molecule has 4 nitrogen and oxygen atoms in total. The highest BCUT2D eigenvalue weighted by Crippen LogP contribution is 2.26. The monoisotopic (exact) mass is 384 g/mol. The summed E-state index contributed by atoms with van der Waals surface area (Å²) in [6.07, 6.45) is 2.35. The summed E-state index contributed by atoms with van der Waals surface area (Å²) in [5.74, 6) is 0.676. The molecule has 0 bridgehead atoms. The Balaban J connectivity index is 1.68. The molecule has 5 heteroatoms. The van der Waals surface area contributed by atoms with Crippen molar-refractivity contribution in [3.8, 4) is 0 Å². The predicted molar refractivity (Wildman–Crippen MR) is 84.3 cm³/mol. The molecule has 3 rings (SSSR count). The molecule has 0 aliphatic carbocycles. The summed E-state index contributed by atoms with van der Waals surface area (Å²) in [6.45, 7) is 1.49. The van der Waals surface area contributed by atoms with Crippen LogP contribution in [0.1, 0.15) is 29.6 Å². The van der Waals surface area contributed by atoms with Crippen LogP contribution in [0.15, 0.2) is 24.3 Å². The normalized spacial score (nSPS) is 25.9. The summed E-state index contributed by atoms with van der Waals surface area (Å²) in [7, 11) is 0. The topological polar surface area (TPSA) is 49.4 Å². The average Bonchev–Trinajstić information content (AvgIpc) is 2.47. The lowest BCUT2D eigenvalue weighted by atomic mass is 9.85. The van der Waals surface area contributed by atoms with Crippen molar-refractivity contribution in [2.45, 2.75) is 25.3 Å². The fourth-order valence-corrected chi connectivity index (χ4v) is 3.43. The molecule has 2 amide bonds. The van der Waals surface area contributed by atoms with Gasteiger partial charge in [0.05, 0.1) is 0 Å². The van der Waals surface area contributed by atoms with Gasteiger partial charge in [0.2, 0.25) is 5.91 Å². The maximum atomic E-state index is 12.5. The van der Waals surface area contributed by atoms with Crippen molar-refractivity contribution in [3.63, 3.8) is 0 Å². The first-order chi connectivity index (χ1) is 9.63. The fraction of sp³-hybridized carbons (Fsp3) is 0.467. The van der Waals surface area contributed by atoms with Crippen LogP contribution < -0.4 is 5.32 Å². The Labute approximate surface area is 132 Å². The molecule has 2 atom stereocenters. The molecule has 2 unspecified atom stereocenters. The van der Waals surface area contributed by atoms with Crippen molar-refractivity contribution in [3.05, 3.63) is 33.4 Å². The highest BCUT2D eigenvalue weighted by molar-refractivity contribution is 14.1. The van der Waals surface area contributed by atoms with Gasteiger partial charge in [0.1, 0.15) is 0 Å². The zero-order valence-corrected chi connectivity index (χ0v) is 13.3. The number of benzene rings is 1. The van der Waals surface area contributed by atoms with E-state index in [0.717, 1.165) is 35.1 Å². The molecule has 106 valence electrons. The molecule has 20 heavy (non-hydrogen) atoms. The lowest BCUT2D eigenvalue weighted by Gasteiger charge is -2.41. The number of carbonyl (C=O) groups excluding carboxylic acids is 2. The second kappa shape index (κ2) is 5.71. The number of piperidine rings is 2. The molecule has 0 aromatic heterocycles. The van der Waals surface area contributed by atoms with Crippen molar-refractivity contribution in [2.24, 2.45) is 5.92 Å². The molecular formula is C15H17IN2O2. The Morgan fingerprint density at radius 3 is 2.75 bits per heavy atom. The Kier molecular flexibility index (Phi) is 3.96. The summed E-state index contributed by atoms with van der Waals surface area (Å²) in [6, 6.07) is 7.96. The van der Waals surface area contributed by atoms with E-state index in [4.69, 9.17) is 0 Å². The SMILES string of the molecule is O=C1CCC2CN(C(=O)c3ccc(I)cc3)CCC2N1. The van der Waals surface area contributed by atoms with Gasteiger partial charge in [-0.05, 0) is 65.6 Å². The molecule has 0 saturated carbocycles. The third kappa shape index (κ3) is 2.82. The summed E-state index contributed by atoms with van der Waals surface area (Å²) in [5, 5.41) is 3.05. The van der Waals surface area contributed by atoms with E-state index in [9.17, 15) is 9.59 Å². The zero-order chi connectivity index (χ0) is 14.1. The standard InChI is InChI=1S/C15H17IN2O2/c16-12-4-1-10(2-5-12)15(20)18-8-7-13-11(9-18)3-6-14(19)17-13/h1-2,4-5,11,13H,3,6-9H2,(H,17,19). The first kappa shape index (κ1) is 13.9. The molecule has 1 aromatic carbocycles. The minimum Gasteiger partial charge on any atom is -0.353 e. The first-order valence-electron chi connectivity index (χ1n) is 6.97. The molecular weight excluding hydrogens is 367 g/mol. The van der Waals surface area contributed by atoms with E-state index in [2.05, 4.69) is 27.9 Å². The molecule has 0 radical (unpaired) electrons. The van der Waals surface area contributed by atoms with Gasteiger partial charge in [-0.15, -0.1) is 0 Å². The third-order valence-electron chi connectivity index (χ3n) is 4.20. The number of halogens is 1. The molecule has 2 aliphatic rings. The maximum absolute atomic E-state index is 12.5. The second-order valence-corrected chi connectivity index (χ2v) is 6.77. The van der Waals surface area contributed by atoms with Gasteiger partial charge < -0.3 is 10.2 Å². The molecule has 1 N–H and O–H groups in total. The van der Waals surface area contributed by atoms with E-state index in [-0.39, 0.29) is 17.9 Å². The molecule has 2 heterocycles. The number of nitrogens with zero attached hydrogens (tertiary/aromatic N) is 1. The van der Waals surface area contributed by atoms with Gasteiger partial charge in [-0.2, -0.15) is 0 Å². The van der Waals surface area contributed by atoms with Crippen LogP contribution in [0.5, 0.6) is 0 Å². The van der Waals surface area contributed by atoms with Crippen LogP contribution in [0.2, 0.25) is 0 Å². The minimum absolute atomic E-state index is 0.108. The molecule has 0 spiro atoms. The second-order valence-electron chi connectivity index (χ2n) is 5.52. The Morgan fingerprint density at radius 2 is 2.00 bits per heavy atom. The van der Waals surface area contributed by atoms with Crippen molar-refractivity contribution >= 4 is 34.4 Å². The number of nitrogens with one attached hydrogen (secondary N) is 1. The zero-order valence-electron chi connectivity index (χ0n) is 11.1. The number of carbonyl (C=O) groups is 2. The molecule has 2 aliphatic heterocycles. The summed E-state index contributed by atoms with van der Waals surface area (Å²) in [4.78, 5) is 25.8. The number of hydrogen-bond acceptors (Lipinski definition) is 2. The van der Waals surface area contributed by atoms with Crippen LogP contribution >= 0.6 is 22.6 Å². The van der Waals surface area contributed by atoms with Gasteiger partial charge in [-0.25, -0.2) is 0 Å². The number of fused-ring (bicyclic) bond motifs is 1. The van der Waals surface area contributed by atoms with E-state index in [1.165, 1.54) is 0 Å². The number of hydrogen-bond donors (Lipinski definition) is 1. The Morgan fingerprint density at radius 1 is 1.25 bits per heavy atom. The minimum atomic E-state index is 0.108. The van der Waals surface area contributed by atoms with Crippen molar-refractivity contribution < 1.29 is 9.59 Å². The number of rotatable bonds is 1. The molecule has 2 fully saturated rings. The van der Waals surface area contributed by atoms with Crippen LogP contribution in [0, 0.1) is 9.49 Å². The number of likely N-dealkylation sites (tertiary alicyclic amines) is 1. The molecule has 2 saturated heterocycles. The molecule has 1 aromatic rings. The van der Waals surface area contributed by atoms with Crippen LogP contribution in [0.25, 0.3) is 0 Å². The van der Waals surface area contributed by atoms with E-state index in [1.54, 1.807) is 0 Å². The van der Waals surface area contributed by atoms with Gasteiger partial charge >= 0.3 is 0 Å². The van der Waals surface area contributed by atoms with Gasteiger partial charge in [-0.1, -0.05) is 0 Å². The van der Waals surface area contributed by atoms with E-state index >= 15 is 0 Å². The highest BCUT2D eigenvalue weighted by Gasteiger charge is 2.35. The van der Waals surface area contributed by atoms with Gasteiger partial charge in [0, 0.05) is 34.7 Å². The quantitative estimate of drug-likeness (QED) is 0.754. The first-order valence-corrected chi connectivity index (χ1v) is 8.05. The Hall–Kier alpha value is -1.11. The van der Waals surface area contributed by atoms with Crippen LogP contribution in [-0.4, -0.2) is 35.8 Å². The highest BCUT2D eigenvalue weighted by atomic mass is 127. The van der Waals surface area contributed by atoms with Crippen LogP contribution in [0.4, 0.5) is 0 Å². The van der Waals surface area contributed by atoms with Crippen molar-refractivity contribution in [1.82, 2.24) is 10.2 Å². The Bertz CT molecular complexity index is 529. The summed E-state index contributed by atoms with van der Waals surface area (Å²) >= 11 is 2.24. The fourth-order valence-electron chi connectivity index (χ4n) is 3.07. The van der Waals surface area contributed by atoms with Crippen molar-refractivity contribution in [2.75, 3.05) is 13.1 Å². The van der Waals surface area contributed by atoms with E-state index in [0.29, 0.717) is 12.3 Å². The smallest absolute Gasteiger partial charge is 0.253 e.